The zero-order valence-corrected chi connectivity index (χ0v) is 13.3. The maximum Gasteiger partial charge on any atom is 0.123 e. The number of rotatable bonds is 8. The van der Waals surface area contributed by atoms with Gasteiger partial charge in [0.2, 0.25) is 0 Å². The molecule has 0 bridgehead atoms. The van der Waals surface area contributed by atoms with Gasteiger partial charge in [-0.05, 0) is 68.1 Å². The van der Waals surface area contributed by atoms with Crippen molar-refractivity contribution in [1.29, 1.82) is 0 Å². The van der Waals surface area contributed by atoms with Gasteiger partial charge >= 0.3 is 0 Å². The monoisotopic (exact) mass is 301 g/mol. The van der Waals surface area contributed by atoms with Gasteiger partial charge in [-0.1, -0.05) is 24.3 Å². The van der Waals surface area contributed by atoms with Crippen LogP contribution in [0.4, 0.5) is 4.39 Å². The molecule has 1 N–H and O–H groups in total. The molecule has 118 valence electrons. The first-order valence-electron chi connectivity index (χ1n) is 7.78. The highest BCUT2D eigenvalue weighted by molar-refractivity contribution is 5.27. The minimum atomic E-state index is -0.176. The number of nitrogens with one attached hydrogen (secondary N) is 1. The third-order valence-electron chi connectivity index (χ3n) is 3.84. The molecule has 0 heterocycles. The number of methoxy groups -OCH3 is 1. The summed E-state index contributed by atoms with van der Waals surface area (Å²) in [5.74, 6) is 0.721. The molecule has 0 aliphatic heterocycles. The van der Waals surface area contributed by atoms with Gasteiger partial charge in [0.25, 0.3) is 0 Å². The molecule has 2 aromatic rings. The number of hydrogen-bond donors (Lipinski definition) is 1. The van der Waals surface area contributed by atoms with Crippen molar-refractivity contribution < 1.29 is 9.13 Å². The van der Waals surface area contributed by atoms with E-state index in [0.717, 1.165) is 37.1 Å². The van der Waals surface area contributed by atoms with E-state index in [0.29, 0.717) is 6.04 Å². The number of ether oxygens (including phenoxy) is 1. The molecular formula is C19H24FNO. The summed E-state index contributed by atoms with van der Waals surface area (Å²) in [6, 6.07) is 15.4. The van der Waals surface area contributed by atoms with Crippen LogP contribution in [0.2, 0.25) is 0 Å². The van der Waals surface area contributed by atoms with Crippen LogP contribution in [0.1, 0.15) is 24.5 Å². The molecule has 0 saturated heterocycles. The summed E-state index contributed by atoms with van der Waals surface area (Å²) < 4.78 is 18.0. The van der Waals surface area contributed by atoms with E-state index in [9.17, 15) is 4.39 Å². The Labute approximate surface area is 132 Å². The normalized spacial score (nSPS) is 12.1. The molecule has 3 heteroatoms. The number of halogens is 1. The van der Waals surface area contributed by atoms with E-state index in [2.05, 4.69) is 24.4 Å². The SMILES string of the molecule is COc1ccc(CCC(C)NCCc2ccc(F)cc2)cc1. The first-order valence-corrected chi connectivity index (χ1v) is 7.78. The van der Waals surface area contributed by atoms with Gasteiger partial charge in [0, 0.05) is 6.04 Å². The van der Waals surface area contributed by atoms with E-state index in [1.807, 2.05) is 24.3 Å². The molecule has 0 amide bonds. The summed E-state index contributed by atoms with van der Waals surface area (Å²) in [7, 11) is 1.68. The second-order valence-corrected chi connectivity index (χ2v) is 5.62. The fraction of sp³-hybridized carbons (Fsp3) is 0.368. The Morgan fingerprint density at radius 2 is 1.55 bits per heavy atom. The van der Waals surface area contributed by atoms with Crippen molar-refractivity contribution in [2.24, 2.45) is 0 Å². The van der Waals surface area contributed by atoms with E-state index < -0.39 is 0 Å². The molecule has 1 unspecified atom stereocenters. The molecule has 2 rings (SSSR count). The Bertz CT molecular complexity index is 551. The van der Waals surface area contributed by atoms with E-state index >= 15 is 0 Å². The van der Waals surface area contributed by atoms with Crippen LogP contribution in [-0.2, 0) is 12.8 Å². The molecule has 0 aromatic heterocycles. The number of hydrogen-bond acceptors (Lipinski definition) is 2. The van der Waals surface area contributed by atoms with Crippen LogP contribution in [0, 0.1) is 5.82 Å². The lowest BCUT2D eigenvalue weighted by Crippen LogP contribution is -2.28. The summed E-state index contributed by atoms with van der Waals surface area (Å²) in [6.07, 6.45) is 3.07. The fourth-order valence-electron chi connectivity index (χ4n) is 2.39. The minimum Gasteiger partial charge on any atom is -0.497 e. The lowest BCUT2D eigenvalue weighted by atomic mass is 10.1. The van der Waals surface area contributed by atoms with E-state index in [1.54, 1.807) is 7.11 Å². The fourth-order valence-corrected chi connectivity index (χ4v) is 2.39. The lowest BCUT2D eigenvalue weighted by Gasteiger charge is -2.14. The first kappa shape index (κ1) is 16.5. The number of benzene rings is 2. The average Bonchev–Trinajstić information content (AvgIpc) is 2.55. The Morgan fingerprint density at radius 3 is 2.18 bits per heavy atom. The Kier molecular flexibility index (Phi) is 6.41. The van der Waals surface area contributed by atoms with Gasteiger partial charge in [0.05, 0.1) is 7.11 Å². The smallest absolute Gasteiger partial charge is 0.123 e. The third-order valence-corrected chi connectivity index (χ3v) is 3.84. The molecule has 0 saturated carbocycles. The second kappa shape index (κ2) is 8.54. The van der Waals surface area contributed by atoms with Crippen LogP contribution in [0.25, 0.3) is 0 Å². The first-order chi connectivity index (χ1) is 10.7. The molecule has 0 aliphatic rings. The Balaban J connectivity index is 1.66. The van der Waals surface area contributed by atoms with Crippen molar-refractivity contribution in [1.82, 2.24) is 5.32 Å². The van der Waals surface area contributed by atoms with E-state index in [-0.39, 0.29) is 5.82 Å². The predicted molar refractivity (Wildman–Crippen MR) is 88.9 cm³/mol. The average molecular weight is 301 g/mol. The van der Waals surface area contributed by atoms with Crippen LogP contribution in [0.3, 0.4) is 0 Å². The van der Waals surface area contributed by atoms with Gasteiger partial charge in [0.15, 0.2) is 0 Å². The summed E-state index contributed by atoms with van der Waals surface area (Å²) in [4.78, 5) is 0. The van der Waals surface area contributed by atoms with Crippen molar-refractivity contribution in [3.8, 4) is 5.75 Å². The predicted octanol–water partition coefficient (Wildman–Crippen LogP) is 3.99. The maximum atomic E-state index is 12.8. The summed E-state index contributed by atoms with van der Waals surface area (Å²) in [5, 5.41) is 3.52. The van der Waals surface area contributed by atoms with Gasteiger partial charge in [0.1, 0.15) is 11.6 Å². The molecule has 0 fully saturated rings. The molecule has 2 nitrogen and oxygen atoms in total. The highest BCUT2D eigenvalue weighted by atomic mass is 19.1. The van der Waals surface area contributed by atoms with Crippen molar-refractivity contribution in [3.63, 3.8) is 0 Å². The van der Waals surface area contributed by atoms with Gasteiger partial charge in [-0.15, -0.1) is 0 Å². The largest absolute Gasteiger partial charge is 0.497 e. The highest BCUT2D eigenvalue weighted by Crippen LogP contribution is 2.13. The molecule has 1 atom stereocenters. The van der Waals surface area contributed by atoms with Gasteiger partial charge in [-0.3, -0.25) is 0 Å². The van der Waals surface area contributed by atoms with Crippen molar-refractivity contribution >= 4 is 0 Å². The third kappa shape index (κ3) is 5.49. The van der Waals surface area contributed by atoms with Crippen molar-refractivity contribution in [2.75, 3.05) is 13.7 Å². The zero-order chi connectivity index (χ0) is 15.8. The van der Waals surface area contributed by atoms with Gasteiger partial charge in [-0.2, -0.15) is 0 Å². The van der Waals surface area contributed by atoms with E-state index in [1.165, 1.54) is 17.7 Å². The zero-order valence-electron chi connectivity index (χ0n) is 13.3. The molecule has 22 heavy (non-hydrogen) atoms. The topological polar surface area (TPSA) is 21.3 Å². The van der Waals surface area contributed by atoms with Crippen LogP contribution in [0.5, 0.6) is 5.75 Å². The van der Waals surface area contributed by atoms with Crippen LogP contribution in [-0.4, -0.2) is 19.7 Å². The van der Waals surface area contributed by atoms with Gasteiger partial charge < -0.3 is 10.1 Å². The van der Waals surface area contributed by atoms with E-state index in [4.69, 9.17) is 4.74 Å². The summed E-state index contributed by atoms with van der Waals surface area (Å²) in [5.41, 5.74) is 2.49. The molecule has 0 spiro atoms. The maximum absolute atomic E-state index is 12.8. The quantitative estimate of drug-likeness (QED) is 0.796. The molecule has 2 aromatic carbocycles. The summed E-state index contributed by atoms with van der Waals surface area (Å²) in [6.45, 7) is 3.11. The summed E-state index contributed by atoms with van der Waals surface area (Å²) >= 11 is 0. The van der Waals surface area contributed by atoms with Crippen molar-refractivity contribution in [2.45, 2.75) is 32.2 Å². The molecule has 0 aliphatic carbocycles. The lowest BCUT2D eigenvalue weighted by molar-refractivity contribution is 0.414. The van der Waals surface area contributed by atoms with Crippen LogP contribution < -0.4 is 10.1 Å². The molecule has 0 radical (unpaired) electrons. The van der Waals surface area contributed by atoms with Gasteiger partial charge in [-0.25, -0.2) is 4.39 Å². The van der Waals surface area contributed by atoms with Crippen molar-refractivity contribution in [3.05, 3.63) is 65.5 Å². The molecular weight excluding hydrogens is 277 g/mol. The Morgan fingerprint density at radius 1 is 0.955 bits per heavy atom. The van der Waals surface area contributed by atoms with Crippen LogP contribution >= 0.6 is 0 Å². The minimum absolute atomic E-state index is 0.176. The second-order valence-electron chi connectivity index (χ2n) is 5.62. The highest BCUT2D eigenvalue weighted by Gasteiger charge is 2.03. The van der Waals surface area contributed by atoms with Crippen LogP contribution in [0.15, 0.2) is 48.5 Å². The Hall–Kier alpha value is -1.87. The standard InChI is InChI=1S/C19H24FNO/c1-15(3-4-16-7-11-19(22-2)12-8-16)21-14-13-17-5-9-18(20)10-6-17/h5-12,15,21H,3-4,13-14H2,1-2H3. The number of aryl methyl sites for hydroxylation is 1.